The van der Waals surface area contributed by atoms with Crippen LogP contribution in [0.5, 0.6) is 0 Å². The van der Waals surface area contributed by atoms with E-state index in [1.165, 1.54) is 0 Å². The highest BCUT2D eigenvalue weighted by molar-refractivity contribution is 6.30. The summed E-state index contributed by atoms with van der Waals surface area (Å²) < 4.78 is 1.81. The van der Waals surface area contributed by atoms with Gasteiger partial charge < -0.3 is 20.2 Å². The van der Waals surface area contributed by atoms with E-state index >= 15 is 0 Å². The summed E-state index contributed by atoms with van der Waals surface area (Å²) in [5.41, 5.74) is 6.08. The highest BCUT2D eigenvalue weighted by Gasteiger charge is 2.34. The van der Waals surface area contributed by atoms with Crippen molar-refractivity contribution in [2.45, 2.75) is 31.3 Å². The minimum atomic E-state index is -0.861. The maximum absolute atomic E-state index is 11.3. The number of hydrogen-bond acceptors (Lipinski definition) is 7. The van der Waals surface area contributed by atoms with Crippen molar-refractivity contribution in [1.82, 2.24) is 24.5 Å². The number of aromatic nitrogens is 4. The number of hydrogen-bond donors (Lipinski definition) is 2. The van der Waals surface area contributed by atoms with Crippen LogP contribution in [0.1, 0.15) is 36.1 Å². The van der Waals surface area contributed by atoms with Crippen LogP contribution in [0.4, 0.5) is 17.3 Å². The van der Waals surface area contributed by atoms with Crippen molar-refractivity contribution in [1.29, 1.82) is 0 Å². The van der Waals surface area contributed by atoms with Crippen LogP contribution < -0.4 is 10.2 Å². The van der Waals surface area contributed by atoms with E-state index in [0.717, 1.165) is 65.5 Å². The van der Waals surface area contributed by atoms with Gasteiger partial charge in [-0.05, 0) is 91.3 Å². The number of pyridine rings is 2. The van der Waals surface area contributed by atoms with Gasteiger partial charge in [0.25, 0.3) is 0 Å². The maximum Gasteiger partial charge on any atom is 0.247 e. The van der Waals surface area contributed by atoms with Crippen LogP contribution in [0.15, 0.2) is 97.8 Å². The summed E-state index contributed by atoms with van der Waals surface area (Å²) in [4.78, 5) is 14.0. The summed E-state index contributed by atoms with van der Waals surface area (Å²) in [6.45, 7) is 7.84. The van der Waals surface area contributed by atoms with E-state index in [9.17, 15) is 5.11 Å². The molecule has 0 spiro atoms. The lowest BCUT2D eigenvalue weighted by atomic mass is 9.84. The molecule has 0 aliphatic carbocycles. The third-order valence-electron chi connectivity index (χ3n) is 9.02. The standard InChI is InChI=1S/C35H36ClN7O/c1-25(42-20-15-26(24-42)23-31-5-2-3-18-37-31)27-7-13-30(14-8-27)38-34-39-33-32(6-4-19-43(33)40-34)41-21-16-35(44,17-22-41)28-9-11-29(36)12-10-28/h2-14,18-19,26,44H,1,15-17,20-24H2,(H,38,40). The molecule has 2 aromatic carbocycles. The van der Waals surface area contributed by atoms with Crippen molar-refractivity contribution in [3.63, 3.8) is 0 Å². The topological polar surface area (TPSA) is 81.8 Å². The molecule has 7 rings (SSSR count). The van der Waals surface area contributed by atoms with Crippen LogP contribution in [0.3, 0.4) is 0 Å². The Bertz CT molecular complexity index is 1750. The smallest absolute Gasteiger partial charge is 0.247 e. The SMILES string of the molecule is C=C(c1ccc(Nc2nc3c(N4CCC(O)(c5ccc(Cl)cc5)CC4)cccn3n2)cc1)N1CCC(Cc2ccccn2)C1. The Hall–Kier alpha value is -4.40. The Morgan fingerprint density at radius 3 is 2.52 bits per heavy atom. The second-order valence-electron chi connectivity index (χ2n) is 11.9. The van der Waals surface area contributed by atoms with Gasteiger partial charge in [0, 0.05) is 60.7 Å². The second-order valence-corrected chi connectivity index (χ2v) is 12.3. The summed E-state index contributed by atoms with van der Waals surface area (Å²) in [5, 5.41) is 20.1. The summed E-state index contributed by atoms with van der Waals surface area (Å²) in [6, 6.07) is 26.0. The molecule has 3 aromatic heterocycles. The molecule has 5 aromatic rings. The molecule has 44 heavy (non-hydrogen) atoms. The van der Waals surface area contributed by atoms with Gasteiger partial charge in [-0.15, -0.1) is 5.10 Å². The number of benzene rings is 2. The van der Waals surface area contributed by atoms with Crippen LogP contribution in [0.25, 0.3) is 11.3 Å². The van der Waals surface area contributed by atoms with Gasteiger partial charge in [0.1, 0.15) is 0 Å². The van der Waals surface area contributed by atoms with Crippen LogP contribution in [-0.2, 0) is 12.0 Å². The van der Waals surface area contributed by atoms with Crippen molar-refractivity contribution >= 4 is 40.3 Å². The quantitative estimate of drug-likeness (QED) is 0.208. The minimum absolute atomic E-state index is 0.538. The van der Waals surface area contributed by atoms with Gasteiger partial charge in [-0.3, -0.25) is 4.98 Å². The van der Waals surface area contributed by atoms with Crippen LogP contribution >= 0.6 is 11.6 Å². The number of anilines is 3. The molecule has 224 valence electrons. The molecule has 2 N–H and O–H groups in total. The van der Waals surface area contributed by atoms with E-state index in [1.807, 2.05) is 53.3 Å². The maximum atomic E-state index is 11.3. The summed E-state index contributed by atoms with van der Waals surface area (Å²) >= 11 is 6.06. The Morgan fingerprint density at radius 1 is 0.977 bits per heavy atom. The van der Waals surface area contributed by atoms with E-state index in [4.69, 9.17) is 16.6 Å². The molecule has 8 nitrogen and oxygen atoms in total. The molecule has 1 atom stereocenters. The Morgan fingerprint density at radius 2 is 1.77 bits per heavy atom. The second kappa shape index (κ2) is 11.9. The predicted molar refractivity (Wildman–Crippen MR) is 176 cm³/mol. The number of aliphatic hydroxyl groups is 1. The lowest BCUT2D eigenvalue weighted by Crippen LogP contribution is -2.42. The number of halogens is 1. The molecule has 0 saturated carbocycles. The first-order valence-electron chi connectivity index (χ1n) is 15.2. The van der Waals surface area contributed by atoms with E-state index in [-0.39, 0.29) is 0 Å². The molecule has 0 radical (unpaired) electrons. The van der Waals surface area contributed by atoms with Crippen molar-refractivity contribution in [3.05, 3.63) is 120 Å². The number of rotatable bonds is 8. The van der Waals surface area contributed by atoms with Crippen molar-refractivity contribution in [3.8, 4) is 0 Å². The largest absolute Gasteiger partial charge is 0.385 e. The Balaban J connectivity index is 0.989. The van der Waals surface area contributed by atoms with Crippen LogP contribution in [0, 0.1) is 5.92 Å². The molecular formula is C35H36ClN7O. The van der Waals surface area contributed by atoms with Crippen LogP contribution in [0.2, 0.25) is 5.02 Å². The summed E-state index contributed by atoms with van der Waals surface area (Å²) in [7, 11) is 0. The van der Waals surface area contributed by atoms with E-state index in [2.05, 4.69) is 74.2 Å². The Kier molecular flexibility index (Phi) is 7.70. The zero-order valence-corrected chi connectivity index (χ0v) is 25.4. The number of piperidine rings is 1. The van der Waals surface area contributed by atoms with Gasteiger partial charge in [-0.2, -0.15) is 4.98 Å². The lowest BCUT2D eigenvalue weighted by molar-refractivity contribution is 0.0118. The van der Waals surface area contributed by atoms with Crippen LogP contribution in [-0.4, -0.2) is 55.8 Å². The first kappa shape index (κ1) is 28.4. The first-order valence-corrected chi connectivity index (χ1v) is 15.6. The molecule has 2 fully saturated rings. The molecule has 2 aliphatic heterocycles. The van der Waals surface area contributed by atoms with Gasteiger partial charge in [0.05, 0.1) is 11.3 Å². The fourth-order valence-corrected chi connectivity index (χ4v) is 6.60. The Labute approximate surface area is 262 Å². The fraction of sp³-hybridized carbons (Fsp3) is 0.286. The number of nitrogens with zero attached hydrogens (tertiary/aromatic N) is 6. The molecule has 9 heteroatoms. The lowest BCUT2D eigenvalue weighted by Gasteiger charge is -2.39. The zero-order valence-electron chi connectivity index (χ0n) is 24.6. The van der Waals surface area contributed by atoms with Gasteiger partial charge in [0.15, 0.2) is 5.65 Å². The molecule has 0 bridgehead atoms. The number of fused-ring (bicyclic) bond motifs is 1. The van der Waals surface area contributed by atoms with Gasteiger partial charge >= 0.3 is 0 Å². The van der Waals surface area contributed by atoms with Gasteiger partial charge in [0.2, 0.25) is 5.95 Å². The fourth-order valence-electron chi connectivity index (χ4n) is 6.47. The molecule has 1 unspecified atom stereocenters. The average molecular weight is 606 g/mol. The summed E-state index contributed by atoms with van der Waals surface area (Å²) in [5.74, 6) is 1.13. The first-order chi connectivity index (χ1) is 21.4. The monoisotopic (exact) mass is 605 g/mol. The third kappa shape index (κ3) is 5.87. The van der Waals surface area contributed by atoms with E-state index in [1.54, 1.807) is 0 Å². The third-order valence-corrected chi connectivity index (χ3v) is 9.27. The van der Waals surface area contributed by atoms with Crippen molar-refractivity contribution < 1.29 is 5.11 Å². The summed E-state index contributed by atoms with van der Waals surface area (Å²) in [6.07, 6.45) is 7.18. The molecular weight excluding hydrogens is 570 g/mol. The van der Waals surface area contributed by atoms with Crippen molar-refractivity contribution in [2.75, 3.05) is 36.4 Å². The predicted octanol–water partition coefficient (Wildman–Crippen LogP) is 6.54. The van der Waals surface area contributed by atoms with Crippen molar-refractivity contribution in [2.24, 2.45) is 5.92 Å². The van der Waals surface area contributed by atoms with Gasteiger partial charge in [-0.25, -0.2) is 4.52 Å². The molecule has 5 heterocycles. The highest BCUT2D eigenvalue weighted by atomic mass is 35.5. The number of nitrogens with one attached hydrogen (secondary N) is 1. The minimum Gasteiger partial charge on any atom is -0.385 e. The van der Waals surface area contributed by atoms with E-state index < -0.39 is 5.60 Å². The molecule has 2 aliphatic rings. The van der Waals surface area contributed by atoms with Gasteiger partial charge in [-0.1, -0.05) is 48.5 Å². The average Bonchev–Trinajstić information content (AvgIpc) is 3.69. The number of likely N-dealkylation sites (tertiary alicyclic amines) is 1. The molecule has 0 amide bonds. The van der Waals surface area contributed by atoms with E-state index in [0.29, 0.717) is 42.8 Å². The zero-order chi connectivity index (χ0) is 30.1. The molecule has 2 saturated heterocycles. The highest BCUT2D eigenvalue weighted by Crippen LogP contribution is 2.36. The normalized spacial score (nSPS) is 18.1.